The third-order valence-electron chi connectivity index (χ3n) is 3.69. The van der Waals surface area contributed by atoms with E-state index in [-0.39, 0.29) is 5.60 Å². The lowest BCUT2D eigenvalue weighted by molar-refractivity contribution is -0.0326. The molecule has 0 aromatic carbocycles. The van der Waals surface area contributed by atoms with Gasteiger partial charge in [-0.2, -0.15) is 0 Å². The summed E-state index contributed by atoms with van der Waals surface area (Å²) < 4.78 is 13.1. The lowest BCUT2D eigenvalue weighted by atomic mass is 10.0. The van der Waals surface area contributed by atoms with E-state index in [1.165, 1.54) is 5.69 Å². The molecule has 6 heteroatoms. The largest absolute Gasteiger partial charge is 0.378 e. The quantitative estimate of drug-likeness (QED) is 0.785. The van der Waals surface area contributed by atoms with Gasteiger partial charge in [-0.05, 0) is 0 Å². The Kier molecular flexibility index (Phi) is 2.85. The molecule has 1 N–H and O–H groups in total. The maximum Gasteiger partial charge on any atom is 0.113 e. The van der Waals surface area contributed by atoms with Gasteiger partial charge in [0.05, 0.1) is 24.5 Å². The van der Waals surface area contributed by atoms with Crippen LogP contribution in [-0.4, -0.2) is 47.5 Å². The Bertz CT molecular complexity index is 398. The van der Waals surface area contributed by atoms with Crippen LogP contribution in [-0.2, 0) is 29.0 Å². The number of hydrogen-bond donors (Lipinski definition) is 1. The van der Waals surface area contributed by atoms with Crippen molar-refractivity contribution in [3.8, 4) is 0 Å². The van der Waals surface area contributed by atoms with Crippen LogP contribution in [0.3, 0.4) is 0 Å². The van der Waals surface area contributed by atoms with Crippen molar-refractivity contribution in [2.24, 2.45) is 0 Å². The molecule has 2 aliphatic rings. The molecule has 1 atom stereocenters. The topological polar surface area (TPSA) is 61.2 Å². The summed E-state index contributed by atoms with van der Waals surface area (Å²) in [7, 11) is 1.75. The van der Waals surface area contributed by atoms with Crippen LogP contribution in [0, 0.1) is 0 Å². The van der Waals surface area contributed by atoms with Crippen molar-refractivity contribution in [1.82, 2.24) is 20.3 Å². The van der Waals surface area contributed by atoms with Crippen LogP contribution < -0.4 is 5.32 Å². The highest BCUT2D eigenvalue weighted by Gasteiger charge is 2.36. The molecule has 1 unspecified atom stereocenters. The molecule has 2 aliphatic heterocycles. The highest BCUT2D eigenvalue weighted by molar-refractivity contribution is 5.13. The second-order valence-electron chi connectivity index (χ2n) is 4.76. The predicted molar refractivity (Wildman–Crippen MR) is 60.6 cm³/mol. The number of methoxy groups -OCH3 is 1. The molecule has 0 amide bonds. The fourth-order valence-corrected chi connectivity index (χ4v) is 2.53. The van der Waals surface area contributed by atoms with Gasteiger partial charge in [-0.15, -0.1) is 5.10 Å². The molecule has 1 fully saturated rings. The smallest absolute Gasteiger partial charge is 0.113 e. The molecule has 0 bridgehead atoms. The van der Waals surface area contributed by atoms with Crippen LogP contribution >= 0.6 is 0 Å². The first-order valence-corrected chi connectivity index (χ1v) is 6.08. The monoisotopic (exact) mass is 238 g/mol. The summed E-state index contributed by atoms with van der Waals surface area (Å²) in [6.07, 6.45) is 1.92. The normalized spacial score (nSPS) is 28.3. The van der Waals surface area contributed by atoms with E-state index >= 15 is 0 Å². The van der Waals surface area contributed by atoms with E-state index in [4.69, 9.17) is 9.47 Å². The molecule has 3 rings (SSSR count). The molecule has 94 valence electrons. The zero-order valence-electron chi connectivity index (χ0n) is 10.1. The van der Waals surface area contributed by atoms with Crippen LogP contribution in [0.25, 0.3) is 0 Å². The number of hydrogen-bond acceptors (Lipinski definition) is 5. The number of nitrogens with zero attached hydrogens (tertiary/aromatic N) is 3. The Labute approximate surface area is 100 Å². The number of nitrogens with one attached hydrogen (secondary N) is 1. The van der Waals surface area contributed by atoms with E-state index in [9.17, 15) is 0 Å². The van der Waals surface area contributed by atoms with Crippen molar-refractivity contribution >= 4 is 0 Å². The van der Waals surface area contributed by atoms with Crippen molar-refractivity contribution in [1.29, 1.82) is 0 Å². The number of aromatic nitrogens is 3. The minimum absolute atomic E-state index is 0.216. The molecule has 3 heterocycles. The fourth-order valence-electron chi connectivity index (χ4n) is 2.53. The van der Waals surface area contributed by atoms with Gasteiger partial charge in [-0.3, -0.25) is 0 Å². The Balaban J connectivity index is 1.82. The van der Waals surface area contributed by atoms with Crippen molar-refractivity contribution in [2.45, 2.75) is 31.5 Å². The molecular formula is C11H18N4O2. The molecule has 1 aromatic heterocycles. The third-order valence-corrected chi connectivity index (χ3v) is 3.69. The Hall–Kier alpha value is -0.980. The summed E-state index contributed by atoms with van der Waals surface area (Å²) in [4.78, 5) is 0. The number of fused-ring (bicyclic) bond motifs is 1. The highest BCUT2D eigenvalue weighted by Crippen LogP contribution is 2.25. The number of rotatable bonds is 3. The lowest BCUT2D eigenvalue weighted by Crippen LogP contribution is -2.38. The molecule has 0 radical (unpaired) electrons. The first-order valence-electron chi connectivity index (χ1n) is 6.08. The van der Waals surface area contributed by atoms with E-state index in [2.05, 4.69) is 15.6 Å². The zero-order valence-corrected chi connectivity index (χ0v) is 10.1. The van der Waals surface area contributed by atoms with E-state index in [0.717, 1.165) is 44.8 Å². The predicted octanol–water partition coefficient (Wildman–Crippen LogP) is -0.271. The molecule has 0 aliphatic carbocycles. The van der Waals surface area contributed by atoms with Gasteiger partial charge in [0.1, 0.15) is 5.60 Å². The molecule has 0 saturated carbocycles. The van der Waals surface area contributed by atoms with Crippen LogP contribution in [0.4, 0.5) is 0 Å². The first kappa shape index (κ1) is 11.1. The summed E-state index contributed by atoms with van der Waals surface area (Å²) in [5, 5.41) is 11.8. The minimum Gasteiger partial charge on any atom is -0.378 e. The molecule has 1 aromatic rings. The Morgan fingerprint density at radius 2 is 2.53 bits per heavy atom. The zero-order chi connectivity index (χ0) is 11.7. The van der Waals surface area contributed by atoms with Gasteiger partial charge in [0.2, 0.25) is 0 Å². The molecule has 1 saturated heterocycles. The lowest BCUT2D eigenvalue weighted by Gasteiger charge is -2.26. The van der Waals surface area contributed by atoms with Crippen LogP contribution in [0.15, 0.2) is 0 Å². The summed E-state index contributed by atoms with van der Waals surface area (Å²) in [6, 6.07) is 0. The summed E-state index contributed by atoms with van der Waals surface area (Å²) in [5.41, 5.74) is 2.10. The van der Waals surface area contributed by atoms with E-state index in [1.807, 2.05) is 4.68 Å². The maximum absolute atomic E-state index is 5.63. The van der Waals surface area contributed by atoms with Crippen LogP contribution in [0.5, 0.6) is 0 Å². The Morgan fingerprint density at radius 3 is 3.29 bits per heavy atom. The van der Waals surface area contributed by atoms with Crippen molar-refractivity contribution in [3.63, 3.8) is 0 Å². The van der Waals surface area contributed by atoms with E-state index in [1.54, 1.807) is 7.11 Å². The highest BCUT2D eigenvalue weighted by atomic mass is 16.5. The van der Waals surface area contributed by atoms with Gasteiger partial charge in [-0.1, -0.05) is 5.21 Å². The minimum atomic E-state index is -0.216. The van der Waals surface area contributed by atoms with Gasteiger partial charge in [0.25, 0.3) is 0 Å². The van der Waals surface area contributed by atoms with Gasteiger partial charge in [-0.25, -0.2) is 4.68 Å². The Morgan fingerprint density at radius 1 is 1.59 bits per heavy atom. The molecule has 0 spiro atoms. The second kappa shape index (κ2) is 4.36. The van der Waals surface area contributed by atoms with Gasteiger partial charge in [0.15, 0.2) is 0 Å². The summed E-state index contributed by atoms with van der Waals surface area (Å²) >= 11 is 0. The summed E-state index contributed by atoms with van der Waals surface area (Å²) in [5.74, 6) is 0. The standard InChI is InChI=1S/C11H18N4O2/c1-16-11(3-5-17-8-11)7-15-10-2-4-12-6-9(10)13-14-15/h12H,2-8H2,1H3. The van der Waals surface area contributed by atoms with Crippen LogP contribution in [0.1, 0.15) is 17.8 Å². The van der Waals surface area contributed by atoms with Gasteiger partial charge < -0.3 is 14.8 Å². The van der Waals surface area contributed by atoms with E-state index < -0.39 is 0 Å². The second-order valence-corrected chi connectivity index (χ2v) is 4.76. The molecular weight excluding hydrogens is 220 g/mol. The van der Waals surface area contributed by atoms with Gasteiger partial charge in [0, 0.05) is 39.6 Å². The molecule has 6 nitrogen and oxygen atoms in total. The fraction of sp³-hybridized carbons (Fsp3) is 0.818. The third kappa shape index (κ3) is 1.96. The van der Waals surface area contributed by atoms with Crippen molar-refractivity contribution in [2.75, 3.05) is 26.9 Å². The van der Waals surface area contributed by atoms with E-state index in [0.29, 0.717) is 6.61 Å². The van der Waals surface area contributed by atoms with Gasteiger partial charge >= 0.3 is 0 Å². The first-order chi connectivity index (χ1) is 8.33. The van der Waals surface area contributed by atoms with Crippen molar-refractivity contribution in [3.05, 3.63) is 11.4 Å². The SMILES string of the molecule is COC1(Cn2nnc3c2CCNC3)CCOC1. The average molecular weight is 238 g/mol. The average Bonchev–Trinajstić information content (AvgIpc) is 2.99. The maximum atomic E-state index is 5.63. The summed E-state index contributed by atoms with van der Waals surface area (Å²) in [6.45, 7) is 3.98. The van der Waals surface area contributed by atoms with Crippen LogP contribution in [0.2, 0.25) is 0 Å². The number of ether oxygens (including phenoxy) is 2. The van der Waals surface area contributed by atoms with Crippen molar-refractivity contribution < 1.29 is 9.47 Å². The molecule has 17 heavy (non-hydrogen) atoms.